The van der Waals surface area contributed by atoms with Crippen LogP contribution >= 0.6 is 0 Å². The predicted molar refractivity (Wildman–Crippen MR) is 107 cm³/mol. The summed E-state index contributed by atoms with van der Waals surface area (Å²) in [6.45, 7) is 3.96. The predicted octanol–water partition coefficient (Wildman–Crippen LogP) is 3.03. The molecule has 1 aromatic heterocycles. The van der Waals surface area contributed by atoms with Crippen LogP contribution in [0, 0.1) is 0 Å². The third-order valence-electron chi connectivity index (χ3n) is 4.85. The van der Waals surface area contributed by atoms with Crippen molar-refractivity contribution in [2.24, 2.45) is 0 Å². The average molecular weight is 352 g/mol. The molecule has 0 atom stereocenters. The Balaban J connectivity index is 1.53. The Hall–Kier alpha value is -2.40. The number of likely N-dealkylation sites (tertiary alicyclic amines) is 1. The molecule has 2 heterocycles. The molecule has 1 aliphatic rings. The number of piperidine rings is 1. The number of aromatic nitrogens is 1. The van der Waals surface area contributed by atoms with Gasteiger partial charge in [-0.05, 0) is 55.8 Å². The van der Waals surface area contributed by atoms with Gasteiger partial charge >= 0.3 is 0 Å². The second-order valence-corrected chi connectivity index (χ2v) is 7.04. The summed E-state index contributed by atoms with van der Waals surface area (Å²) in [6.07, 6.45) is 5.76. The molecule has 138 valence electrons. The molecule has 0 saturated carbocycles. The van der Waals surface area contributed by atoms with Gasteiger partial charge in [0.25, 0.3) is 5.91 Å². The van der Waals surface area contributed by atoms with Crippen molar-refractivity contribution in [1.29, 1.82) is 0 Å². The van der Waals surface area contributed by atoms with Crippen LogP contribution in [0.25, 0.3) is 11.1 Å². The van der Waals surface area contributed by atoms with Crippen molar-refractivity contribution in [3.8, 4) is 11.1 Å². The highest BCUT2D eigenvalue weighted by molar-refractivity contribution is 5.94. The highest BCUT2D eigenvalue weighted by atomic mass is 16.1. The van der Waals surface area contributed by atoms with Crippen LogP contribution in [0.5, 0.6) is 0 Å². The van der Waals surface area contributed by atoms with E-state index in [1.807, 2.05) is 55.5 Å². The van der Waals surface area contributed by atoms with E-state index in [1.165, 1.54) is 19.3 Å². The first kappa shape index (κ1) is 18.4. The van der Waals surface area contributed by atoms with Gasteiger partial charge in [0.15, 0.2) is 0 Å². The van der Waals surface area contributed by atoms with Gasteiger partial charge in [-0.3, -0.25) is 4.79 Å². The van der Waals surface area contributed by atoms with E-state index in [-0.39, 0.29) is 5.91 Å². The van der Waals surface area contributed by atoms with Gasteiger partial charge in [-0.15, -0.1) is 0 Å². The molecule has 1 N–H and O–H groups in total. The molecule has 1 saturated heterocycles. The summed E-state index contributed by atoms with van der Waals surface area (Å²) in [6, 6.07) is 11.8. The van der Waals surface area contributed by atoms with Gasteiger partial charge in [0.1, 0.15) is 5.82 Å². The summed E-state index contributed by atoms with van der Waals surface area (Å²) in [5.41, 5.74) is 2.81. The maximum atomic E-state index is 12.3. The normalized spacial score (nSPS) is 14.8. The van der Waals surface area contributed by atoms with Gasteiger partial charge in [0, 0.05) is 44.5 Å². The Morgan fingerprint density at radius 3 is 2.35 bits per heavy atom. The standard InChI is InChI=1S/C21H28N4O/c1-24(2)20-11-10-19(16-23-20)17-6-8-18(9-7-17)21(26)22-12-15-25-13-4-3-5-14-25/h6-11,16H,3-5,12-15H2,1-2H3,(H,22,26). The molecule has 1 aliphatic heterocycles. The smallest absolute Gasteiger partial charge is 0.251 e. The van der Waals surface area contributed by atoms with Crippen LogP contribution in [0.4, 0.5) is 5.82 Å². The first-order chi connectivity index (χ1) is 12.6. The van der Waals surface area contributed by atoms with Crippen LogP contribution in [-0.2, 0) is 0 Å². The van der Waals surface area contributed by atoms with Crippen molar-refractivity contribution in [2.75, 3.05) is 45.2 Å². The monoisotopic (exact) mass is 352 g/mol. The third-order valence-corrected chi connectivity index (χ3v) is 4.85. The lowest BCUT2D eigenvalue weighted by Gasteiger charge is -2.26. The molecule has 0 radical (unpaired) electrons. The van der Waals surface area contributed by atoms with E-state index < -0.39 is 0 Å². The van der Waals surface area contributed by atoms with Gasteiger partial charge in [0.05, 0.1) is 0 Å². The topological polar surface area (TPSA) is 48.5 Å². The number of carbonyl (C=O) groups excluding carboxylic acids is 1. The van der Waals surface area contributed by atoms with E-state index in [9.17, 15) is 4.79 Å². The molecule has 2 aromatic rings. The van der Waals surface area contributed by atoms with Gasteiger partial charge in [-0.1, -0.05) is 18.6 Å². The maximum absolute atomic E-state index is 12.3. The number of pyridine rings is 1. The summed E-state index contributed by atoms with van der Waals surface area (Å²) >= 11 is 0. The lowest BCUT2D eigenvalue weighted by atomic mass is 10.1. The number of benzene rings is 1. The largest absolute Gasteiger partial charge is 0.363 e. The van der Waals surface area contributed by atoms with Crippen molar-refractivity contribution in [3.05, 3.63) is 48.2 Å². The first-order valence-electron chi connectivity index (χ1n) is 9.38. The minimum atomic E-state index is -0.00496. The molecule has 0 unspecified atom stereocenters. The van der Waals surface area contributed by atoms with E-state index >= 15 is 0 Å². The van der Waals surface area contributed by atoms with E-state index in [0.29, 0.717) is 12.1 Å². The van der Waals surface area contributed by atoms with E-state index in [1.54, 1.807) is 0 Å². The minimum absolute atomic E-state index is 0.00496. The number of hydrogen-bond acceptors (Lipinski definition) is 4. The second kappa shape index (κ2) is 8.81. The van der Waals surface area contributed by atoms with Crippen LogP contribution in [0.1, 0.15) is 29.6 Å². The Kier molecular flexibility index (Phi) is 6.23. The maximum Gasteiger partial charge on any atom is 0.251 e. The Bertz CT molecular complexity index is 704. The van der Waals surface area contributed by atoms with Crippen molar-refractivity contribution < 1.29 is 4.79 Å². The molecular formula is C21H28N4O. The molecule has 1 fully saturated rings. The van der Waals surface area contributed by atoms with E-state index in [4.69, 9.17) is 0 Å². The fourth-order valence-electron chi connectivity index (χ4n) is 3.25. The zero-order chi connectivity index (χ0) is 18.4. The lowest BCUT2D eigenvalue weighted by molar-refractivity contribution is 0.0946. The van der Waals surface area contributed by atoms with Gasteiger partial charge in [0.2, 0.25) is 0 Å². The molecule has 5 heteroatoms. The van der Waals surface area contributed by atoms with E-state index in [2.05, 4.69) is 21.3 Å². The van der Waals surface area contributed by atoms with Gasteiger partial charge in [-0.2, -0.15) is 0 Å². The number of carbonyl (C=O) groups is 1. The highest BCUT2D eigenvalue weighted by Crippen LogP contribution is 2.21. The zero-order valence-electron chi connectivity index (χ0n) is 15.7. The summed E-state index contributed by atoms with van der Waals surface area (Å²) < 4.78 is 0. The summed E-state index contributed by atoms with van der Waals surface area (Å²) in [5, 5.41) is 3.03. The fraction of sp³-hybridized carbons (Fsp3) is 0.429. The molecule has 1 amide bonds. The summed E-state index contributed by atoms with van der Waals surface area (Å²) in [4.78, 5) is 21.1. The molecule has 1 aromatic carbocycles. The SMILES string of the molecule is CN(C)c1ccc(-c2ccc(C(=O)NCCN3CCCCC3)cc2)cn1. The van der Waals surface area contributed by atoms with E-state index in [0.717, 1.165) is 36.6 Å². The molecule has 0 aliphatic carbocycles. The third kappa shape index (κ3) is 4.82. The van der Waals surface area contributed by atoms with Gasteiger partial charge in [-0.25, -0.2) is 4.98 Å². The number of anilines is 1. The number of rotatable bonds is 6. The summed E-state index contributed by atoms with van der Waals surface area (Å²) in [7, 11) is 3.95. The van der Waals surface area contributed by atoms with Crippen LogP contribution in [0.15, 0.2) is 42.6 Å². The summed E-state index contributed by atoms with van der Waals surface area (Å²) in [5.74, 6) is 0.924. The van der Waals surface area contributed by atoms with Crippen LogP contribution in [0.3, 0.4) is 0 Å². The molecule has 0 spiro atoms. The Labute approximate surface area is 156 Å². The number of hydrogen-bond donors (Lipinski definition) is 1. The van der Waals surface area contributed by atoms with Crippen molar-refractivity contribution >= 4 is 11.7 Å². The Morgan fingerprint density at radius 2 is 1.73 bits per heavy atom. The zero-order valence-corrected chi connectivity index (χ0v) is 15.7. The molecule has 3 rings (SSSR count). The number of nitrogens with one attached hydrogen (secondary N) is 1. The number of amides is 1. The fourth-order valence-corrected chi connectivity index (χ4v) is 3.25. The highest BCUT2D eigenvalue weighted by Gasteiger charge is 2.11. The van der Waals surface area contributed by atoms with Crippen molar-refractivity contribution in [3.63, 3.8) is 0 Å². The minimum Gasteiger partial charge on any atom is -0.363 e. The second-order valence-electron chi connectivity index (χ2n) is 7.04. The van der Waals surface area contributed by atoms with Crippen LogP contribution in [-0.4, -0.2) is 56.1 Å². The quantitative estimate of drug-likeness (QED) is 0.868. The van der Waals surface area contributed by atoms with Gasteiger partial charge < -0.3 is 15.1 Å². The molecule has 26 heavy (non-hydrogen) atoms. The first-order valence-corrected chi connectivity index (χ1v) is 9.38. The lowest BCUT2D eigenvalue weighted by Crippen LogP contribution is -2.37. The average Bonchev–Trinajstić information content (AvgIpc) is 2.69. The molecule has 0 bridgehead atoms. The number of nitrogens with zero attached hydrogens (tertiary/aromatic N) is 3. The van der Waals surface area contributed by atoms with Crippen LogP contribution in [0.2, 0.25) is 0 Å². The molecular weight excluding hydrogens is 324 g/mol. The van der Waals surface area contributed by atoms with Crippen molar-refractivity contribution in [2.45, 2.75) is 19.3 Å². The molecule has 5 nitrogen and oxygen atoms in total. The van der Waals surface area contributed by atoms with Crippen LogP contribution < -0.4 is 10.2 Å². The Morgan fingerprint density at radius 1 is 1.04 bits per heavy atom. The van der Waals surface area contributed by atoms with Crippen molar-refractivity contribution in [1.82, 2.24) is 15.2 Å².